The fourth-order valence-corrected chi connectivity index (χ4v) is 3.79. The van der Waals surface area contributed by atoms with Crippen LogP contribution in [-0.4, -0.2) is 16.5 Å². The van der Waals surface area contributed by atoms with Gasteiger partial charge in [-0.2, -0.15) is 0 Å². The van der Waals surface area contributed by atoms with Crippen LogP contribution in [0.2, 0.25) is 10.0 Å². The predicted octanol–water partition coefficient (Wildman–Crippen LogP) is 6.56. The number of nitrogens with one attached hydrogen (secondary N) is 1. The Labute approximate surface area is 159 Å². The molecule has 3 nitrogen and oxygen atoms in total. The van der Waals surface area contributed by atoms with Crippen molar-refractivity contribution in [2.24, 2.45) is 0 Å². The van der Waals surface area contributed by atoms with Crippen LogP contribution in [0.1, 0.15) is 0 Å². The third-order valence-corrected chi connectivity index (χ3v) is 5.54. The average Bonchev–Trinajstić information content (AvgIpc) is 3.24. The van der Waals surface area contributed by atoms with E-state index >= 15 is 0 Å². The molecule has 5 rings (SSSR count). The van der Waals surface area contributed by atoms with Gasteiger partial charge in [-0.25, -0.2) is 0 Å². The van der Waals surface area contributed by atoms with Crippen molar-refractivity contribution >= 4 is 50.5 Å². The maximum Gasteiger partial charge on any atom is 0.120 e. The van der Waals surface area contributed by atoms with Crippen LogP contribution in [0.4, 0.5) is 0 Å². The van der Waals surface area contributed by atoms with Gasteiger partial charge in [0.15, 0.2) is 0 Å². The second-order valence-electron chi connectivity index (χ2n) is 6.29. The van der Waals surface area contributed by atoms with Crippen LogP contribution in [0.5, 0.6) is 5.75 Å². The molecule has 0 bridgehead atoms. The van der Waals surface area contributed by atoms with Gasteiger partial charge in [0.25, 0.3) is 0 Å². The molecule has 0 radical (unpaired) electrons. The van der Waals surface area contributed by atoms with Crippen molar-refractivity contribution in [3.8, 4) is 16.9 Å². The zero-order valence-corrected chi connectivity index (χ0v) is 15.4. The fourth-order valence-electron chi connectivity index (χ4n) is 3.49. The van der Waals surface area contributed by atoms with Crippen LogP contribution in [0.25, 0.3) is 38.4 Å². The number of H-pyrrole nitrogens is 1. The Kier molecular flexibility index (Phi) is 3.42. The molecule has 5 aromatic rings. The van der Waals surface area contributed by atoms with Crippen molar-refractivity contribution in [2.75, 3.05) is 7.11 Å². The van der Waals surface area contributed by atoms with Crippen molar-refractivity contribution in [1.29, 1.82) is 0 Å². The van der Waals surface area contributed by atoms with Crippen LogP contribution in [0, 0.1) is 0 Å². The highest BCUT2D eigenvalue weighted by molar-refractivity contribution is 6.42. The van der Waals surface area contributed by atoms with Crippen LogP contribution in [0.15, 0.2) is 60.9 Å². The number of benzene rings is 2. The molecule has 3 heterocycles. The minimum absolute atomic E-state index is 0.558. The first-order chi connectivity index (χ1) is 12.6. The van der Waals surface area contributed by atoms with Gasteiger partial charge >= 0.3 is 0 Å². The molecule has 0 saturated heterocycles. The molecular formula is C21H14Cl2N2O. The Morgan fingerprint density at radius 3 is 2.58 bits per heavy atom. The normalized spacial score (nSPS) is 11.7. The second kappa shape index (κ2) is 5.70. The molecule has 5 heteroatoms. The first-order valence-corrected chi connectivity index (χ1v) is 8.95. The lowest BCUT2D eigenvalue weighted by Crippen LogP contribution is -1.81. The highest BCUT2D eigenvalue weighted by Gasteiger charge is 2.11. The first kappa shape index (κ1) is 15.6. The molecule has 0 unspecified atom stereocenters. The number of rotatable bonds is 2. The van der Waals surface area contributed by atoms with E-state index in [4.69, 9.17) is 27.9 Å². The molecule has 0 aliphatic rings. The molecule has 1 N–H and O–H groups in total. The van der Waals surface area contributed by atoms with Crippen molar-refractivity contribution in [1.82, 2.24) is 9.38 Å². The van der Waals surface area contributed by atoms with E-state index in [9.17, 15) is 0 Å². The third-order valence-electron chi connectivity index (χ3n) is 4.81. The van der Waals surface area contributed by atoms with E-state index in [1.165, 1.54) is 10.8 Å². The Balaban J connectivity index is 1.77. The third kappa shape index (κ3) is 2.28. The fraction of sp³-hybridized carbons (Fsp3) is 0.0476. The first-order valence-electron chi connectivity index (χ1n) is 8.19. The summed E-state index contributed by atoms with van der Waals surface area (Å²) >= 11 is 12.2. The summed E-state index contributed by atoms with van der Waals surface area (Å²) in [5.41, 5.74) is 5.40. The van der Waals surface area contributed by atoms with E-state index in [2.05, 4.69) is 40.0 Å². The van der Waals surface area contributed by atoms with Gasteiger partial charge in [0.2, 0.25) is 0 Å². The maximum absolute atomic E-state index is 6.18. The number of hydrogen-bond donors (Lipinski definition) is 1. The number of pyridine rings is 1. The zero-order chi connectivity index (χ0) is 17.8. The van der Waals surface area contributed by atoms with Crippen LogP contribution < -0.4 is 4.74 Å². The van der Waals surface area contributed by atoms with E-state index in [-0.39, 0.29) is 0 Å². The number of fused-ring (bicyclic) bond motifs is 5. The molecule has 0 fully saturated rings. The van der Waals surface area contributed by atoms with Gasteiger partial charge in [-0.3, -0.25) is 0 Å². The number of aromatic amines is 1. The van der Waals surface area contributed by atoms with Crippen molar-refractivity contribution in [3.63, 3.8) is 0 Å². The Morgan fingerprint density at radius 1 is 0.885 bits per heavy atom. The number of hydrogen-bond acceptors (Lipinski definition) is 1. The molecule has 128 valence electrons. The van der Waals surface area contributed by atoms with Gasteiger partial charge in [-0.1, -0.05) is 29.3 Å². The topological polar surface area (TPSA) is 29.4 Å². The second-order valence-corrected chi connectivity index (χ2v) is 7.11. The number of halogens is 2. The molecule has 26 heavy (non-hydrogen) atoms. The maximum atomic E-state index is 6.18. The van der Waals surface area contributed by atoms with Gasteiger partial charge in [0.1, 0.15) is 5.75 Å². The molecule has 0 atom stereocenters. The lowest BCUT2D eigenvalue weighted by molar-refractivity contribution is 0.415. The van der Waals surface area contributed by atoms with E-state index < -0.39 is 0 Å². The molecule has 2 aromatic carbocycles. The van der Waals surface area contributed by atoms with Crippen LogP contribution in [0.3, 0.4) is 0 Å². The summed E-state index contributed by atoms with van der Waals surface area (Å²) in [7, 11) is 1.68. The largest absolute Gasteiger partial charge is 0.497 e. The standard InChI is InChI=1S/C21H14Cl2N2O/c1-26-14-3-4-15-16-6-7-25-11-13(12-2-5-17(22)18(23)8-12)9-20(25)21(16)24-19(15)10-14/h2-11,24H,1H3. The predicted molar refractivity (Wildman–Crippen MR) is 109 cm³/mol. The Hall–Kier alpha value is -2.62. The monoisotopic (exact) mass is 380 g/mol. The van der Waals surface area contributed by atoms with Crippen LogP contribution >= 0.6 is 23.2 Å². The van der Waals surface area contributed by atoms with E-state index in [0.29, 0.717) is 10.0 Å². The van der Waals surface area contributed by atoms with Crippen molar-refractivity contribution in [2.45, 2.75) is 0 Å². The van der Waals surface area contributed by atoms with Crippen molar-refractivity contribution < 1.29 is 4.74 Å². The zero-order valence-electron chi connectivity index (χ0n) is 13.9. The average molecular weight is 381 g/mol. The summed E-state index contributed by atoms with van der Waals surface area (Å²) < 4.78 is 7.46. The minimum atomic E-state index is 0.558. The summed E-state index contributed by atoms with van der Waals surface area (Å²) in [4.78, 5) is 3.53. The SMILES string of the molecule is COc1ccc2c(c1)[nH]c1c2ccn2cc(-c3ccc(Cl)c(Cl)c3)cc12. The number of aromatic nitrogens is 2. The molecule has 0 spiro atoms. The Morgan fingerprint density at radius 2 is 1.77 bits per heavy atom. The van der Waals surface area contributed by atoms with Gasteiger partial charge in [0, 0.05) is 34.8 Å². The smallest absolute Gasteiger partial charge is 0.120 e. The summed E-state index contributed by atoms with van der Waals surface area (Å²) in [6.45, 7) is 0. The molecule has 0 aliphatic heterocycles. The summed E-state index contributed by atoms with van der Waals surface area (Å²) in [6.07, 6.45) is 4.18. The van der Waals surface area contributed by atoms with Gasteiger partial charge in [-0.05, 0) is 42.0 Å². The van der Waals surface area contributed by atoms with Gasteiger partial charge in [-0.15, -0.1) is 0 Å². The summed E-state index contributed by atoms with van der Waals surface area (Å²) in [5, 5.41) is 3.49. The van der Waals surface area contributed by atoms with Gasteiger partial charge in [0.05, 0.1) is 33.7 Å². The minimum Gasteiger partial charge on any atom is -0.497 e. The molecule has 0 aliphatic carbocycles. The molecular weight excluding hydrogens is 367 g/mol. The van der Waals surface area contributed by atoms with Crippen LogP contribution in [-0.2, 0) is 0 Å². The summed E-state index contributed by atoms with van der Waals surface area (Å²) in [6, 6.07) is 16.1. The lowest BCUT2D eigenvalue weighted by atomic mass is 10.1. The van der Waals surface area contributed by atoms with Gasteiger partial charge < -0.3 is 14.1 Å². The highest BCUT2D eigenvalue weighted by Crippen LogP contribution is 2.34. The van der Waals surface area contributed by atoms with Crippen molar-refractivity contribution in [3.05, 3.63) is 71.0 Å². The number of nitrogens with zero attached hydrogens (tertiary/aromatic N) is 1. The summed E-state index contributed by atoms with van der Waals surface area (Å²) in [5.74, 6) is 0.840. The Bertz CT molecular complexity index is 1300. The number of methoxy groups -OCH3 is 1. The molecule has 3 aromatic heterocycles. The van der Waals surface area contributed by atoms with E-state index in [1.807, 2.05) is 30.3 Å². The van der Waals surface area contributed by atoms with E-state index in [1.54, 1.807) is 7.11 Å². The lowest BCUT2D eigenvalue weighted by Gasteiger charge is -1.99. The molecule has 0 saturated carbocycles. The number of ether oxygens (including phenoxy) is 1. The van der Waals surface area contributed by atoms with E-state index in [0.717, 1.165) is 33.4 Å². The molecule has 0 amide bonds. The highest BCUT2D eigenvalue weighted by atomic mass is 35.5. The quantitative estimate of drug-likeness (QED) is 0.369.